The Hall–Kier alpha value is -0.370. The summed E-state index contributed by atoms with van der Waals surface area (Å²) in [4.78, 5) is 13.4. The second-order valence-corrected chi connectivity index (χ2v) is 3.93. The smallest absolute Gasteiger partial charge is 0.146 e. The molecule has 62 valence electrons. The standard InChI is InChI=1S/C9H15NO/c1-6(11)8-4-3-7-5-9(7)10(8)2/h7-9H,3-5H2,1-2H3. The molecule has 2 rings (SSSR count). The molecule has 3 atom stereocenters. The summed E-state index contributed by atoms with van der Waals surface area (Å²) in [6.45, 7) is 1.71. The van der Waals surface area contributed by atoms with Crippen LogP contribution in [0.4, 0.5) is 0 Å². The Morgan fingerprint density at radius 1 is 1.45 bits per heavy atom. The van der Waals surface area contributed by atoms with Gasteiger partial charge in [-0.2, -0.15) is 0 Å². The molecule has 0 N–H and O–H groups in total. The zero-order valence-corrected chi connectivity index (χ0v) is 7.21. The number of piperidine rings is 1. The largest absolute Gasteiger partial charge is 0.298 e. The fourth-order valence-electron chi connectivity index (χ4n) is 2.34. The second-order valence-electron chi connectivity index (χ2n) is 3.93. The van der Waals surface area contributed by atoms with Gasteiger partial charge in [0.25, 0.3) is 0 Å². The fraction of sp³-hybridized carbons (Fsp3) is 0.889. The molecular weight excluding hydrogens is 138 g/mol. The van der Waals surface area contributed by atoms with E-state index < -0.39 is 0 Å². The van der Waals surface area contributed by atoms with Crippen LogP contribution in [0.25, 0.3) is 0 Å². The van der Waals surface area contributed by atoms with E-state index in [-0.39, 0.29) is 6.04 Å². The van der Waals surface area contributed by atoms with Crippen LogP contribution in [0.2, 0.25) is 0 Å². The molecule has 11 heavy (non-hydrogen) atoms. The van der Waals surface area contributed by atoms with Gasteiger partial charge in [0.05, 0.1) is 6.04 Å². The highest BCUT2D eigenvalue weighted by Crippen LogP contribution is 2.44. The van der Waals surface area contributed by atoms with Crippen molar-refractivity contribution in [1.82, 2.24) is 4.90 Å². The molecule has 3 unspecified atom stereocenters. The topological polar surface area (TPSA) is 20.3 Å². The quantitative estimate of drug-likeness (QED) is 0.561. The molecule has 1 heterocycles. The lowest BCUT2D eigenvalue weighted by molar-refractivity contribution is -0.122. The van der Waals surface area contributed by atoms with Crippen molar-refractivity contribution in [2.45, 2.75) is 38.3 Å². The minimum Gasteiger partial charge on any atom is -0.298 e. The third-order valence-corrected chi connectivity index (χ3v) is 3.18. The van der Waals surface area contributed by atoms with Crippen molar-refractivity contribution in [1.29, 1.82) is 0 Å². The maximum absolute atomic E-state index is 11.1. The van der Waals surface area contributed by atoms with Crippen molar-refractivity contribution in [2.24, 2.45) is 5.92 Å². The van der Waals surface area contributed by atoms with E-state index in [9.17, 15) is 4.79 Å². The Balaban J connectivity index is 2.05. The van der Waals surface area contributed by atoms with Gasteiger partial charge in [0.2, 0.25) is 0 Å². The lowest BCUT2D eigenvalue weighted by Gasteiger charge is -2.30. The molecule has 1 saturated heterocycles. The van der Waals surface area contributed by atoms with Crippen molar-refractivity contribution >= 4 is 5.78 Å². The van der Waals surface area contributed by atoms with Gasteiger partial charge in [-0.05, 0) is 39.2 Å². The van der Waals surface area contributed by atoms with Crippen molar-refractivity contribution < 1.29 is 4.79 Å². The maximum Gasteiger partial charge on any atom is 0.146 e. The lowest BCUT2D eigenvalue weighted by atomic mass is 10.00. The van der Waals surface area contributed by atoms with Gasteiger partial charge in [0.15, 0.2) is 0 Å². The lowest BCUT2D eigenvalue weighted by Crippen LogP contribution is -2.42. The molecule has 1 saturated carbocycles. The van der Waals surface area contributed by atoms with E-state index in [1.807, 2.05) is 0 Å². The van der Waals surface area contributed by atoms with E-state index >= 15 is 0 Å². The summed E-state index contributed by atoms with van der Waals surface area (Å²) in [5, 5.41) is 0. The van der Waals surface area contributed by atoms with Crippen LogP contribution >= 0.6 is 0 Å². The van der Waals surface area contributed by atoms with Gasteiger partial charge >= 0.3 is 0 Å². The number of carbonyl (C=O) groups excluding carboxylic acids is 1. The summed E-state index contributed by atoms with van der Waals surface area (Å²) in [6.07, 6.45) is 3.70. The number of carbonyl (C=O) groups is 1. The van der Waals surface area contributed by atoms with E-state index in [0.717, 1.165) is 18.4 Å². The van der Waals surface area contributed by atoms with E-state index in [2.05, 4.69) is 11.9 Å². The monoisotopic (exact) mass is 153 g/mol. The zero-order valence-electron chi connectivity index (χ0n) is 7.21. The Labute approximate surface area is 67.6 Å². The second kappa shape index (κ2) is 2.31. The number of hydrogen-bond donors (Lipinski definition) is 0. The van der Waals surface area contributed by atoms with Gasteiger partial charge in [-0.15, -0.1) is 0 Å². The van der Waals surface area contributed by atoms with Gasteiger partial charge in [0.1, 0.15) is 5.78 Å². The Morgan fingerprint density at radius 2 is 2.18 bits per heavy atom. The highest BCUT2D eigenvalue weighted by atomic mass is 16.1. The van der Waals surface area contributed by atoms with Crippen LogP contribution in [0.15, 0.2) is 0 Å². The van der Waals surface area contributed by atoms with E-state index in [4.69, 9.17) is 0 Å². The van der Waals surface area contributed by atoms with Gasteiger partial charge in [-0.25, -0.2) is 0 Å². The Bertz CT molecular complexity index is 190. The number of likely N-dealkylation sites (tertiary alicyclic amines) is 1. The summed E-state index contributed by atoms with van der Waals surface area (Å²) in [7, 11) is 2.09. The van der Waals surface area contributed by atoms with Crippen molar-refractivity contribution in [2.75, 3.05) is 7.05 Å². The third kappa shape index (κ3) is 1.09. The average Bonchev–Trinajstić information content (AvgIpc) is 2.66. The molecule has 0 spiro atoms. The van der Waals surface area contributed by atoms with Crippen LogP contribution < -0.4 is 0 Å². The molecule has 2 nitrogen and oxygen atoms in total. The number of nitrogens with zero attached hydrogens (tertiary/aromatic N) is 1. The highest BCUT2D eigenvalue weighted by molar-refractivity contribution is 5.81. The molecule has 0 radical (unpaired) electrons. The highest BCUT2D eigenvalue weighted by Gasteiger charge is 2.46. The third-order valence-electron chi connectivity index (χ3n) is 3.18. The molecule has 0 bridgehead atoms. The summed E-state index contributed by atoms with van der Waals surface area (Å²) >= 11 is 0. The SMILES string of the molecule is CC(=O)C1CCC2CC2N1C. The molecule has 0 aromatic rings. The van der Waals surface area contributed by atoms with Gasteiger partial charge in [0, 0.05) is 6.04 Å². The van der Waals surface area contributed by atoms with Crippen molar-refractivity contribution in [3.05, 3.63) is 0 Å². The predicted molar refractivity (Wildman–Crippen MR) is 43.4 cm³/mol. The number of Topliss-reactive ketones (excluding diaryl/α,β-unsaturated/α-hetero) is 1. The maximum atomic E-state index is 11.1. The van der Waals surface area contributed by atoms with Gasteiger partial charge < -0.3 is 0 Å². The molecule has 1 aliphatic heterocycles. The predicted octanol–water partition coefficient (Wildman–Crippen LogP) is 1.06. The number of likely N-dealkylation sites (N-methyl/N-ethyl adjacent to an activating group) is 1. The fourth-order valence-corrected chi connectivity index (χ4v) is 2.34. The molecule has 2 aliphatic rings. The minimum absolute atomic E-state index is 0.235. The number of fused-ring (bicyclic) bond motifs is 1. The van der Waals surface area contributed by atoms with E-state index in [1.165, 1.54) is 12.8 Å². The molecular formula is C9H15NO. The Morgan fingerprint density at radius 3 is 2.82 bits per heavy atom. The van der Waals surface area contributed by atoms with Gasteiger partial charge in [-0.3, -0.25) is 9.69 Å². The van der Waals surface area contributed by atoms with Crippen LogP contribution in [0.1, 0.15) is 26.2 Å². The van der Waals surface area contributed by atoms with Crippen LogP contribution in [0.3, 0.4) is 0 Å². The number of hydrogen-bond acceptors (Lipinski definition) is 2. The molecule has 0 aromatic heterocycles. The first-order valence-electron chi connectivity index (χ1n) is 4.42. The average molecular weight is 153 g/mol. The minimum atomic E-state index is 0.235. The molecule has 2 fully saturated rings. The first kappa shape index (κ1) is 7.29. The molecule has 1 aliphatic carbocycles. The first-order valence-corrected chi connectivity index (χ1v) is 4.42. The van der Waals surface area contributed by atoms with Crippen LogP contribution in [0, 0.1) is 5.92 Å². The molecule has 0 aromatic carbocycles. The van der Waals surface area contributed by atoms with E-state index in [0.29, 0.717) is 5.78 Å². The summed E-state index contributed by atoms with van der Waals surface area (Å²) < 4.78 is 0. The van der Waals surface area contributed by atoms with Crippen LogP contribution in [-0.4, -0.2) is 29.8 Å². The molecule has 0 amide bonds. The summed E-state index contributed by atoms with van der Waals surface area (Å²) in [6, 6.07) is 0.983. The number of ketones is 1. The van der Waals surface area contributed by atoms with E-state index in [1.54, 1.807) is 6.92 Å². The summed E-state index contributed by atoms with van der Waals surface area (Å²) in [5.74, 6) is 1.27. The summed E-state index contributed by atoms with van der Waals surface area (Å²) in [5.41, 5.74) is 0. The first-order chi connectivity index (χ1) is 5.20. The van der Waals surface area contributed by atoms with Crippen LogP contribution in [-0.2, 0) is 4.79 Å². The Kier molecular flexibility index (Phi) is 1.53. The normalized spacial score (nSPS) is 43.3. The molecule has 2 heteroatoms. The van der Waals surface area contributed by atoms with Gasteiger partial charge in [-0.1, -0.05) is 0 Å². The van der Waals surface area contributed by atoms with Crippen molar-refractivity contribution in [3.63, 3.8) is 0 Å². The van der Waals surface area contributed by atoms with Crippen LogP contribution in [0.5, 0.6) is 0 Å². The number of rotatable bonds is 1. The zero-order chi connectivity index (χ0) is 8.01. The van der Waals surface area contributed by atoms with Crippen molar-refractivity contribution in [3.8, 4) is 0 Å².